The summed E-state index contributed by atoms with van der Waals surface area (Å²) in [6.45, 7) is 2.20. The fourth-order valence-electron chi connectivity index (χ4n) is 2.69. The van der Waals surface area contributed by atoms with E-state index < -0.39 is 0 Å². The highest BCUT2D eigenvalue weighted by molar-refractivity contribution is 9.10. The maximum Gasteiger partial charge on any atom is 0.0230 e. The van der Waals surface area contributed by atoms with Crippen molar-refractivity contribution in [2.24, 2.45) is 11.7 Å². The zero-order chi connectivity index (χ0) is 12.3. The molecule has 2 rings (SSSR count). The van der Waals surface area contributed by atoms with Gasteiger partial charge >= 0.3 is 0 Å². The van der Waals surface area contributed by atoms with Crippen LogP contribution in [0.5, 0.6) is 0 Å². The molecule has 0 aromatic heterocycles. The highest BCUT2D eigenvalue weighted by atomic mass is 79.9. The van der Waals surface area contributed by atoms with Crippen LogP contribution in [0.25, 0.3) is 0 Å². The average Bonchev–Trinajstić information content (AvgIpc) is 2.67. The Labute approximate surface area is 112 Å². The van der Waals surface area contributed by atoms with Gasteiger partial charge < -0.3 is 10.6 Å². The Morgan fingerprint density at radius 2 is 2.00 bits per heavy atom. The third-order valence-electron chi connectivity index (χ3n) is 3.52. The van der Waals surface area contributed by atoms with E-state index in [1.54, 1.807) is 0 Å². The van der Waals surface area contributed by atoms with Gasteiger partial charge in [-0.2, -0.15) is 0 Å². The van der Waals surface area contributed by atoms with Crippen LogP contribution in [0, 0.1) is 5.92 Å². The Morgan fingerprint density at radius 1 is 1.29 bits per heavy atom. The summed E-state index contributed by atoms with van der Waals surface area (Å²) in [4.78, 5) is 2.41. The lowest BCUT2D eigenvalue weighted by molar-refractivity contribution is 0.270. The monoisotopic (exact) mass is 296 g/mol. The molecule has 2 atom stereocenters. The molecule has 2 N–H and O–H groups in total. The van der Waals surface area contributed by atoms with Crippen molar-refractivity contribution in [1.29, 1.82) is 0 Å². The quantitative estimate of drug-likeness (QED) is 0.925. The van der Waals surface area contributed by atoms with Crippen LogP contribution in [-0.4, -0.2) is 24.5 Å². The van der Waals surface area contributed by atoms with Crippen molar-refractivity contribution in [3.63, 3.8) is 0 Å². The fraction of sp³-hybridized carbons (Fsp3) is 0.571. The zero-order valence-electron chi connectivity index (χ0n) is 10.4. The van der Waals surface area contributed by atoms with Crippen molar-refractivity contribution in [3.05, 3.63) is 34.3 Å². The highest BCUT2D eigenvalue weighted by Gasteiger charge is 2.22. The standard InChI is InChI=1S/C14H21BrN2/c1-17(10-12-4-7-14(16)8-12)9-11-2-5-13(15)6-3-11/h2-3,5-6,12,14H,4,7-10,16H2,1H3. The first kappa shape index (κ1) is 13.1. The molecule has 1 aliphatic rings. The van der Waals surface area contributed by atoms with Crippen LogP contribution in [-0.2, 0) is 6.54 Å². The molecule has 0 spiro atoms. The second-order valence-electron chi connectivity index (χ2n) is 5.26. The number of halogens is 1. The maximum absolute atomic E-state index is 5.95. The second kappa shape index (κ2) is 5.98. The summed E-state index contributed by atoms with van der Waals surface area (Å²) in [7, 11) is 2.20. The van der Waals surface area contributed by atoms with E-state index in [1.807, 2.05) is 0 Å². The molecule has 1 aromatic carbocycles. The Bertz CT molecular complexity index is 350. The van der Waals surface area contributed by atoms with Crippen molar-refractivity contribution in [2.75, 3.05) is 13.6 Å². The Balaban J connectivity index is 1.80. The van der Waals surface area contributed by atoms with E-state index in [0.29, 0.717) is 6.04 Å². The topological polar surface area (TPSA) is 29.3 Å². The van der Waals surface area contributed by atoms with E-state index >= 15 is 0 Å². The second-order valence-corrected chi connectivity index (χ2v) is 6.18. The highest BCUT2D eigenvalue weighted by Crippen LogP contribution is 2.25. The molecule has 0 heterocycles. The zero-order valence-corrected chi connectivity index (χ0v) is 12.0. The van der Waals surface area contributed by atoms with E-state index in [0.717, 1.165) is 16.9 Å². The van der Waals surface area contributed by atoms with Crippen LogP contribution < -0.4 is 5.73 Å². The van der Waals surface area contributed by atoms with Crippen molar-refractivity contribution in [2.45, 2.75) is 31.8 Å². The predicted octanol–water partition coefficient (Wildman–Crippen LogP) is 3.01. The van der Waals surface area contributed by atoms with E-state index in [-0.39, 0.29) is 0 Å². The number of benzene rings is 1. The average molecular weight is 297 g/mol. The van der Waals surface area contributed by atoms with Crippen LogP contribution in [0.15, 0.2) is 28.7 Å². The number of nitrogens with zero attached hydrogens (tertiary/aromatic N) is 1. The van der Waals surface area contributed by atoms with E-state index in [1.165, 1.54) is 31.4 Å². The molecule has 1 saturated carbocycles. The molecular weight excluding hydrogens is 276 g/mol. The molecule has 3 heteroatoms. The largest absolute Gasteiger partial charge is 0.328 e. The molecule has 17 heavy (non-hydrogen) atoms. The first-order valence-electron chi connectivity index (χ1n) is 6.32. The smallest absolute Gasteiger partial charge is 0.0230 e. The Morgan fingerprint density at radius 3 is 2.59 bits per heavy atom. The SMILES string of the molecule is CN(Cc1ccc(Br)cc1)CC1CCC(N)C1. The summed E-state index contributed by atoms with van der Waals surface area (Å²) >= 11 is 3.46. The van der Waals surface area contributed by atoms with E-state index in [2.05, 4.69) is 52.1 Å². The van der Waals surface area contributed by atoms with Crippen LogP contribution >= 0.6 is 15.9 Å². The molecule has 0 bridgehead atoms. The predicted molar refractivity (Wildman–Crippen MR) is 75.8 cm³/mol. The van der Waals surface area contributed by atoms with Crippen LogP contribution in [0.1, 0.15) is 24.8 Å². The van der Waals surface area contributed by atoms with Crippen molar-refractivity contribution >= 4 is 15.9 Å². The molecule has 0 radical (unpaired) electrons. The van der Waals surface area contributed by atoms with Crippen LogP contribution in [0.4, 0.5) is 0 Å². The summed E-state index contributed by atoms with van der Waals surface area (Å²) < 4.78 is 1.14. The lowest BCUT2D eigenvalue weighted by Crippen LogP contribution is -2.25. The van der Waals surface area contributed by atoms with Crippen molar-refractivity contribution in [3.8, 4) is 0 Å². The van der Waals surface area contributed by atoms with Gasteiger partial charge in [-0.1, -0.05) is 28.1 Å². The number of nitrogens with two attached hydrogens (primary N) is 1. The molecule has 1 aliphatic carbocycles. The molecular formula is C14H21BrN2. The van der Waals surface area contributed by atoms with Crippen molar-refractivity contribution < 1.29 is 0 Å². The van der Waals surface area contributed by atoms with Crippen LogP contribution in [0.2, 0.25) is 0 Å². The molecule has 0 aliphatic heterocycles. The van der Waals surface area contributed by atoms with Gasteiger partial charge in [-0.3, -0.25) is 0 Å². The first-order chi connectivity index (χ1) is 8.13. The molecule has 2 nitrogen and oxygen atoms in total. The third kappa shape index (κ3) is 4.09. The van der Waals surface area contributed by atoms with Gasteiger partial charge in [-0.25, -0.2) is 0 Å². The molecule has 0 amide bonds. The third-order valence-corrected chi connectivity index (χ3v) is 4.05. The summed E-state index contributed by atoms with van der Waals surface area (Å²) in [5.41, 5.74) is 7.32. The molecule has 1 aromatic rings. The minimum atomic E-state index is 0.445. The fourth-order valence-corrected chi connectivity index (χ4v) is 2.95. The van der Waals surface area contributed by atoms with Crippen molar-refractivity contribution in [1.82, 2.24) is 4.90 Å². The van der Waals surface area contributed by atoms with Gasteiger partial charge in [-0.15, -0.1) is 0 Å². The molecule has 1 fully saturated rings. The van der Waals surface area contributed by atoms with Gasteiger partial charge in [0.05, 0.1) is 0 Å². The van der Waals surface area contributed by atoms with Gasteiger partial charge in [0.2, 0.25) is 0 Å². The first-order valence-corrected chi connectivity index (χ1v) is 7.11. The van der Waals surface area contributed by atoms with Gasteiger partial charge in [-0.05, 0) is 49.9 Å². The summed E-state index contributed by atoms with van der Waals surface area (Å²) in [6.07, 6.45) is 3.70. The Kier molecular flexibility index (Phi) is 4.60. The number of hydrogen-bond donors (Lipinski definition) is 1. The maximum atomic E-state index is 5.95. The Hall–Kier alpha value is -0.380. The van der Waals surface area contributed by atoms with Gasteiger partial charge in [0.1, 0.15) is 0 Å². The molecule has 2 unspecified atom stereocenters. The number of hydrogen-bond acceptors (Lipinski definition) is 2. The van der Waals surface area contributed by atoms with E-state index in [9.17, 15) is 0 Å². The minimum Gasteiger partial charge on any atom is -0.328 e. The normalized spacial score (nSPS) is 24.5. The number of rotatable bonds is 4. The van der Waals surface area contributed by atoms with Crippen LogP contribution in [0.3, 0.4) is 0 Å². The summed E-state index contributed by atoms with van der Waals surface area (Å²) in [6, 6.07) is 9.02. The molecule has 0 saturated heterocycles. The van der Waals surface area contributed by atoms with Gasteiger partial charge in [0.15, 0.2) is 0 Å². The summed E-state index contributed by atoms with van der Waals surface area (Å²) in [5.74, 6) is 0.797. The minimum absolute atomic E-state index is 0.445. The lowest BCUT2D eigenvalue weighted by atomic mass is 10.1. The van der Waals surface area contributed by atoms with Gasteiger partial charge in [0, 0.05) is 23.6 Å². The molecule has 94 valence electrons. The van der Waals surface area contributed by atoms with E-state index in [4.69, 9.17) is 5.73 Å². The summed E-state index contributed by atoms with van der Waals surface area (Å²) in [5, 5.41) is 0. The lowest BCUT2D eigenvalue weighted by Gasteiger charge is -2.21. The van der Waals surface area contributed by atoms with Gasteiger partial charge in [0.25, 0.3) is 0 Å².